The van der Waals surface area contributed by atoms with E-state index < -0.39 is 0 Å². The van der Waals surface area contributed by atoms with E-state index in [-0.39, 0.29) is 6.03 Å². The van der Waals surface area contributed by atoms with Gasteiger partial charge in [-0.05, 0) is 26.0 Å². The van der Waals surface area contributed by atoms with Crippen molar-refractivity contribution in [2.75, 3.05) is 20.3 Å². The molecule has 0 bridgehead atoms. The van der Waals surface area contributed by atoms with Gasteiger partial charge in [-0.2, -0.15) is 0 Å². The molecular weight excluding hydrogens is 274 g/mol. The van der Waals surface area contributed by atoms with Crippen LogP contribution in [0.4, 0.5) is 4.79 Å². The van der Waals surface area contributed by atoms with E-state index >= 15 is 0 Å². The highest BCUT2D eigenvalue weighted by atomic mass is 16.5. The van der Waals surface area contributed by atoms with Crippen LogP contribution in [-0.2, 0) is 11.3 Å². The predicted molar refractivity (Wildman–Crippen MR) is 75.8 cm³/mol. The van der Waals surface area contributed by atoms with Gasteiger partial charge in [-0.15, -0.1) is 0 Å². The van der Waals surface area contributed by atoms with Crippen molar-refractivity contribution in [3.8, 4) is 11.3 Å². The summed E-state index contributed by atoms with van der Waals surface area (Å²) in [5.74, 6) is 2.05. The molecule has 0 radical (unpaired) electrons. The van der Waals surface area contributed by atoms with Crippen LogP contribution >= 0.6 is 0 Å². The molecule has 0 saturated carbocycles. The van der Waals surface area contributed by atoms with Gasteiger partial charge in [0.2, 0.25) is 0 Å². The number of ether oxygens (including phenoxy) is 1. The molecule has 2 rings (SSSR count). The van der Waals surface area contributed by atoms with E-state index in [1.54, 1.807) is 7.11 Å². The minimum Gasteiger partial charge on any atom is -0.459 e. The van der Waals surface area contributed by atoms with Gasteiger partial charge >= 0.3 is 6.03 Å². The summed E-state index contributed by atoms with van der Waals surface area (Å²) in [5, 5.41) is 9.26. The lowest BCUT2D eigenvalue weighted by molar-refractivity contribution is 0.195. The zero-order valence-electron chi connectivity index (χ0n) is 12.4. The molecule has 0 atom stereocenters. The molecule has 2 aromatic heterocycles. The van der Waals surface area contributed by atoms with Gasteiger partial charge in [-0.1, -0.05) is 5.16 Å². The first kappa shape index (κ1) is 15.1. The van der Waals surface area contributed by atoms with Crippen molar-refractivity contribution < 1.29 is 18.5 Å². The van der Waals surface area contributed by atoms with Crippen LogP contribution in [0.25, 0.3) is 11.3 Å². The van der Waals surface area contributed by atoms with Crippen molar-refractivity contribution in [3.63, 3.8) is 0 Å². The summed E-state index contributed by atoms with van der Waals surface area (Å²) >= 11 is 0. The number of carbonyl (C=O) groups excluding carboxylic acids is 1. The van der Waals surface area contributed by atoms with Gasteiger partial charge < -0.3 is 24.3 Å². The molecule has 0 aliphatic heterocycles. The standard InChI is InChI=1S/C14H19N3O4/c1-9-13(10(2)21-17-9)12-5-4-11(20-12)8-16-14(18)15-6-7-19-3/h4-5H,6-8H2,1-3H3,(H2,15,16,18). The van der Waals surface area contributed by atoms with E-state index in [2.05, 4.69) is 15.8 Å². The minimum absolute atomic E-state index is 0.262. The third-order valence-electron chi connectivity index (χ3n) is 2.96. The van der Waals surface area contributed by atoms with Crippen molar-refractivity contribution in [1.82, 2.24) is 15.8 Å². The second-order valence-corrected chi connectivity index (χ2v) is 4.57. The van der Waals surface area contributed by atoms with Gasteiger partial charge in [0.25, 0.3) is 0 Å². The molecule has 7 heteroatoms. The maximum Gasteiger partial charge on any atom is 0.315 e. The van der Waals surface area contributed by atoms with Gasteiger partial charge in [0.05, 0.1) is 24.4 Å². The second kappa shape index (κ2) is 6.94. The van der Waals surface area contributed by atoms with Gasteiger partial charge in [0.1, 0.15) is 17.3 Å². The summed E-state index contributed by atoms with van der Waals surface area (Å²) < 4.78 is 15.7. The summed E-state index contributed by atoms with van der Waals surface area (Å²) in [4.78, 5) is 11.5. The molecule has 0 spiro atoms. The Morgan fingerprint density at radius 2 is 2.14 bits per heavy atom. The summed E-state index contributed by atoms with van der Waals surface area (Å²) in [6, 6.07) is 3.39. The van der Waals surface area contributed by atoms with Gasteiger partial charge in [-0.3, -0.25) is 0 Å². The number of aryl methyl sites for hydroxylation is 2. The Bertz CT molecular complexity index is 584. The molecule has 7 nitrogen and oxygen atoms in total. The molecule has 0 saturated heterocycles. The van der Waals surface area contributed by atoms with E-state index in [1.807, 2.05) is 26.0 Å². The van der Waals surface area contributed by atoms with Crippen LogP contribution in [0.1, 0.15) is 17.2 Å². The van der Waals surface area contributed by atoms with Gasteiger partial charge in [0.15, 0.2) is 0 Å². The molecule has 0 aliphatic rings. The van der Waals surface area contributed by atoms with Crippen molar-refractivity contribution in [2.24, 2.45) is 0 Å². The fraction of sp³-hybridized carbons (Fsp3) is 0.429. The van der Waals surface area contributed by atoms with E-state index in [1.165, 1.54) is 0 Å². The van der Waals surface area contributed by atoms with Gasteiger partial charge in [0, 0.05) is 13.7 Å². The number of hydrogen-bond acceptors (Lipinski definition) is 5. The molecule has 2 heterocycles. The third kappa shape index (κ3) is 3.85. The first-order valence-electron chi connectivity index (χ1n) is 6.64. The Balaban J connectivity index is 1.91. The molecule has 2 aromatic rings. The molecule has 0 fully saturated rings. The van der Waals surface area contributed by atoms with E-state index in [0.717, 1.165) is 11.3 Å². The first-order chi connectivity index (χ1) is 10.1. The Morgan fingerprint density at radius 3 is 2.81 bits per heavy atom. The Hall–Kier alpha value is -2.28. The number of aromatic nitrogens is 1. The summed E-state index contributed by atoms with van der Waals surface area (Å²) in [6.45, 7) is 4.94. The number of furan rings is 1. The number of methoxy groups -OCH3 is 1. The number of amides is 2. The maximum absolute atomic E-state index is 11.5. The van der Waals surface area contributed by atoms with E-state index in [0.29, 0.717) is 37.0 Å². The molecule has 114 valence electrons. The maximum atomic E-state index is 11.5. The molecule has 2 amide bonds. The number of rotatable bonds is 6. The largest absolute Gasteiger partial charge is 0.459 e. The van der Waals surface area contributed by atoms with Crippen LogP contribution in [0.3, 0.4) is 0 Å². The topological polar surface area (TPSA) is 89.5 Å². The molecule has 0 aromatic carbocycles. The lowest BCUT2D eigenvalue weighted by Crippen LogP contribution is -2.36. The normalized spacial score (nSPS) is 10.6. The Kier molecular flexibility index (Phi) is 4.99. The van der Waals surface area contributed by atoms with Gasteiger partial charge in [-0.25, -0.2) is 4.79 Å². The van der Waals surface area contributed by atoms with Crippen LogP contribution < -0.4 is 10.6 Å². The molecule has 21 heavy (non-hydrogen) atoms. The summed E-state index contributed by atoms with van der Waals surface area (Å²) in [7, 11) is 1.58. The lowest BCUT2D eigenvalue weighted by Gasteiger charge is -2.05. The zero-order chi connectivity index (χ0) is 15.2. The molecule has 0 unspecified atom stereocenters. The number of carbonyl (C=O) groups is 1. The number of nitrogens with zero attached hydrogens (tertiary/aromatic N) is 1. The Morgan fingerprint density at radius 1 is 1.33 bits per heavy atom. The SMILES string of the molecule is COCCNC(=O)NCc1ccc(-c2c(C)noc2C)o1. The lowest BCUT2D eigenvalue weighted by atomic mass is 10.1. The quantitative estimate of drug-likeness (QED) is 0.795. The van der Waals surface area contributed by atoms with Crippen LogP contribution in [0.2, 0.25) is 0 Å². The van der Waals surface area contributed by atoms with Crippen molar-refractivity contribution in [1.29, 1.82) is 0 Å². The fourth-order valence-corrected chi connectivity index (χ4v) is 1.94. The van der Waals surface area contributed by atoms with Crippen molar-refractivity contribution in [2.45, 2.75) is 20.4 Å². The monoisotopic (exact) mass is 293 g/mol. The van der Waals surface area contributed by atoms with E-state index in [4.69, 9.17) is 13.7 Å². The van der Waals surface area contributed by atoms with Crippen LogP contribution in [0.15, 0.2) is 21.1 Å². The summed E-state index contributed by atoms with van der Waals surface area (Å²) in [5.41, 5.74) is 1.63. The number of nitrogens with one attached hydrogen (secondary N) is 2. The highest BCUT2D eigenvalue weighted by molar-refractivity contribution is 5.73. The van der Waals surface area contributed by atoms with Crippen molar-refractivity contribution in [3.05, 3.63) is 29.3 Å². The first-order valence-corrected chi connectivity index (χ1v) is 6.64. The average Bonchev–Trinajstić information content (AvgIpc) is 3.04. The minimum atomic E-state index is -0.262. The second-order valence-electron chi connectivity index (χ2n) is 4.57. The number of urea groups is 1. The van der Waals surface area contributed by atoms with Crippen LogP contribution in [0, 0.1) is 13.8 Å². The van der Waals surface area contributed by atoms with Crippen LogP contribution in [-0.4, -0.2) is 31.4 Å². The Labute approximate surface area is 122 Å². The van der Waals surface area contributed by atoms with E-state index in [9.17, 15) is 4.79 Å². The van der Waals surface area contributed by atoms with Crippen molar-refractivity contribution >= 4 is 6.03 Å². The predicted octanol–water partition coefficient (Wildman–Crippen LogP) is 2.00. The number of hydrogen-bond donors (Lipinski definition) is 2. The fourth-order valence-electron chi connectivity index (χ4n) is 1.94. The zero-order valence-corrected chi connectivity index (χ0v) is 12.4. The smallest absolute Gasteiger partial charge is 0.315 e. The van der Waals surface area contributed by atoms with Crippen LogP contribution in [0.5, 0.6) is 0 Å². The molecular formula is C14H19N3O4. The highest BCUT2D eigenvalue weighted by Gasteiger charge is 2.15. The third-order valence-corrected chi connectivity index (χ3v) is 2.96. The highest BCUT2D eigenvalue weighted by Crippen LogP contribution is 2.28. The summed E-state index contributed by atoms with van der Waals surface area (Å²) in [6.07, 6.45) is 0. The molecule has 2 N–H and O–H groups in total. The molecule has 0 aliphatic carbocycles. The average molecular weight is 293 g/mol.